The molecule has 1 aromatic heterocycles. The lowest BCUT2D eigenvalue weighted by molar-refractivity contribution is -0.115. The van der Waals surface area contributed by atoms with Crippen LogP contribution in [0.2, 0.25) is 0 Å². The van der Waals surface area contributed by atoms with Gasteiger partial charge < -0.3 is 10.1 Å². The first-order chi connectivity index (χ1) is 13.4. The second-order valence-electron chi connectivity index (χ2n) is 6.09. The first-order valence-electron chi connectivity index (χ1n) is 8.63. The molecule has 0 radical (unpaired) electrons. The predicted octanol–water partition coefficient (Wildman–Crippen LogP) is 3.79. The molecule has 2 aromatic carbocycles. The number of sulfone groups is 1. The summed E-state index contributed by atoms with van der Waals surface area (Å²) in [5.74, 6) is 0.545. The molecule has 0 atom stereocenters. The van der Waals surface area contributed by atoms with Crippen LogP contribution in [-0.4, -0.2) is 32.2 Å². The predicted molar refractivity (Wildman–Crippen MR) is 111 cm³/mol. The second kappa shape index (κ2) is 8.53. The van der Waals surface area contributed by atoms with E-state index in [1.165, 1.54) is 23.5 Å². The zero-order chi connectivity index (χ0) is 20.1. The zero-order valence-electron chi connectivity index (χ0n) is 15.5. The number of thiazole rings is 1. The quantitative estimate of drug-likeness (QED) is 0.633. The minimum atomic E-state index is -3.26. The highest BCUT2D eigenvalue weighted by atomic mass is 32.2. The number of hydrogen-bond acceptors (Lipinski definition) is 6. The molecule has 6 nitrogen and oxygen atoms in total. The van der Waals surface area contributed by atoms with Crippen LogP contribution >= 0.6 is 11.3 Å². The van der Waals surface area contributed by atoms with Gasteiger partial charge in [-0.15, -0.1) is 11.3 Å². The number of carbonyl (C=O) groups excluding carboxylic acids is 1. The van der Waals surface area contributed by atoms with Crippen LogP contribution < -0.4 is 10.1 Å². The maximum Gasteiger partial charge on any atom is 0.230 e. The molecule has 8 heteroatoms. The van der Waals surface area contributed by atoms with Crippen molar-refractivity contribution in [1.82, 2.24) is 4.98 Å². The molecular weight excluding hydrogens is 396 g/mol. The molecule has 0 fully saturated rings. The van der Waals surface area contributed by atoms with Crippen molar-refractivity contribution in [1.29, 1.82) is 0 Å². The second-order valence-corrected chi connectivity index (χ2v) is 8.97. The third kappa shape index (κ3) is 4.96. The summed E-state index contributed by atoms with van der Waals surface area (Å²) in [5, 5.41) is 5.40. The standard InChI is InChI=1S/C20H20N2O4S2/c1-3-26-18-7-5-4-6-17(18)20-22-15(13-27-20)12-19(23)21-14-8-10-16(11-9-14)28(2,24)25/h4-11,13H,3,12H2,1-2H3,(H,21,23). The Morgan fingerprint density at radius 2 is 1.86 bits per heavy atom. The number of anilines is 1. The number of para-hydroxylation sites is 1. The SMILES string of the molecule is CCOc1ccccc1-c1nc(CC(=O)Nc2ccc(S(C)(=O)=O)cc2)cs1. The number of nitrogens with one attached hydrogen (secondary N) is 1. The Morgan fingerprint density at radius 1 is 1.14 bits per heavy atom. The van der Waals surface area contributed by atoms with Crippen LogP contribution in [0.4, 0.5) is 5.69 Å². The van der Waals surface area contributed by atoms with Gasteiger partial charge in [0.2, 0.25) is 5.91 Å². The van der Waals surface area contributed by atoms with Crippen LogP contribution in [0.3, 0.4) is 0 Å². The van der Waals surface area contributed by atoms with Crippen LogP contribution in [0.5, 0.6) is 5.75 Å². The first-order valence-corrected chi connectivity index (χ1v) is 11.4. The molecular formula is C20H20N2O4S2. The molecule has 0 spiro atoms. The summed E-state index contributed by atoms with van der Waals surface area (Å²) < 4.78 is 28.6. The number of aromatic nitrogens is 1. The van der Waals surface area contributed by atoms with Crippen molar-refractivity contribution in [3.63, 3.8) is 0 Å². The van der Waals surface area contributed by atoms with Gasteiger partial charge >= 0.3 is 0 Å². The summed E-state index contributed by atoms with van der Waals surface area (Å²) in [6.45, 7) is 2.49. The van der Waals surface area contributed by atoms with E-state index in [1.54, 1.807) is 12.1 Å². The van der Waals surface area contributed by atoms with E-state index in [9.17, 15) is 13.2 Å². The Morgan fingerprint density at radius 3 is 2.54 bits per heavy atom. The van der Waals surface area contributed by atoms with E-state index in [1.807, 2.05) is 36.6 Å². The lowest BCUT2D eigenvalue weighted by Crippen LogP contribution is -2.14. The molecule has 1 N–H and O–H groups in total. The van der Waals surface area contributed by atoms with Crippen molar-refractivity contribution in [3.8, 4) is 16.3 Å². The van der Waals surface area contributed by atoms with Crippen LogP contribution in [-0.2, 0) is 21.1 Å². The third-order valence-corrected chi connectivity index (χ3v) is 5.93. The Hall–Kier alpha value is -2.71. The topological polar surface area (TPSA) is 85.4 Å². The van der Waals surface area contributed by atoms with Crippen LogP contribution in [0, 0.1) is 0 Å². The highest BCUT2D eigenvalue weighted by molar-refractivity contribution is 7.90. The molecule has 146 valence electrons. The monoisotopic (exact) mass is 416 g/mol. The molecule has 28 heavy (non-hydrogen) atoms. The molecule has 1 amide bonds. The molecule has 0 aliphatic carbocycles. The average Bonchev–Trinajstić information content (AvgIpc) is 3.10. The van der Waals surface area contributed by atoms with Crippen LogP contribution in [0.15, 0.2) is 58.8 Å². The van der Waals surface area contributed by atoms with Crippen molar-refractivity contribution >= 4 is 32.8 Å². The lowest BCUT2D eigenvalue weighted by atomic mass is 10.2. The average molecular weight is 417 g/mol. The van der Waals surface area contributed by atoms with Crippen molar-refractivity contribution in [2.75, 3.05) is 18.2 Å². The van der Waals surface area contributed by atoms with E-state index in [2.05, 4.69) is 10.3 Å². The van der Waals surface area contributed by atoms with Gasteiger partial charge in [-0.2, -0.15) is 0 Å². The van der Waals surface area contributed by atoms with E-state index in [0.717, 1.165) is 22.6 Å². The van der Waals surface area contributed by atoms with E-state index >= 15 is 0 Å². The number of amides is 1. The van der Waals surface area contributed by atoms with Gasteiger partial charge in [0.15, 0.2) is 9.84 Å². The fourth-order valence-electron chi connectivity index (χ4n) is 2.59. The summed E-state index contributed by atoms with van der Waals surface area (Å²) >= 11 is 1.46. The molecule has 0 aliphatic heterocycles. The van der Waals surface area contributed by atoms with Gasteiger partial charge in [-0.1, -0.05) is 12.1 Å². The van der Waals surface area contributed by atoms with Crippen molar-refractivity contribution in [3.05, 3.63) is 59.6 Å². The number of rotatable bonds is 7. The lowest BCUT2D eigenvalue weighted by Gasteiger charge is -2.07. The maximum atomic E-state index is 12.3. The van der Waals surface area contributed by atoms with E-state index in [0.29, 0.717) is 18.0 Å². The number of ether oxygens (including phenoxy) is 1. The summed E-state index contributed by atoms with van der Waals surface area (Å²) in [4.78, 5) is 17.1. The molecule has 0 unspecified atom stereocenters. The molecule has 0 aliphatic rings. The Kier molecular flexibility index (Phi) is 6.11. The minimum Gasteiger partial charge on any atom is -0.493 e. The van der Waals surface area contributed by atoms with Crippen LogP contribution in [0.25, 0.3) is 10.6 Å². The minimum absolute atomic E-state index is 0.126. The fraction of sp³-hybridized carbons (Fsp3) is 0.200. The van der Waals surface area contributed by atoms with E-state index in [-0.39, 0.29) is 17.2 Å². The van der Waals surface area contributed by atoms with Gasteiger partial charge in [0.05, 0.1) is 29.2 Å². The van der Waals surface area contributed by atoms with Gasteiger partial charge in [-0.25, -0.2) is 13.4 Å². The van der Waals surface area contributed by atoms with Gasteiger partial charge in [-0.3, -0.25) is 4.79 Å². The molecule has 3 aromatic rings. The fourth-order valence-corrected chi connectivity index (χ4v) is 4.07. The van der Waals surface area contributed by atoms with Crippen molar-refractivity contribution in [2.24, 2.45) is 0 Å². The zero-order valence-corrected chi connectivity index (χ0v) is 17.1. The van der Waals surface area contributed by atoms with Gasteiger partial charge in [0.1, 0.15) is 10.8 Å². The number of hydrogen-bond donors (Lipinski definition) is 1. The molecule has 0 saturated carbocycles. The summed E-state index contributed by atoms with van der Waals surface area (Å²) in [6.07, 6.45) is 1.27. The third-order valence-electron chi connectivity index (χ3n) is 3.88. The number of benzene rings is 2. The molecule has 0 saturated heterocycles. The van der Waals surface area contributed by atoms with E-state index in [4.69, 9.17) is 4.74 Å². The summed E-state index contributed by atoms with van der Waals surface area (Å²) in [5.41, 5.74) is 2.10. The smallest absolute Gasteiger partial charge is 0.230 e. The van der Waals surface area contributed by atoms with Crippen LogP contribution in [0.1, 0.15) is 12.6 Å². The normalized spacial score (nSPS) is 11.2. The highest BCUT2D eigenvalue weighted by Crippen LogP contribution is 2.32. The Labute approximate surface area is 168 Å². The Bertz CT molecular complexity index is 1070. The Balaban J connectivity index is 1.68. The maximum absolute atomic E-state index is 12.3. The molecule has 1 heterocycles. The highest BCUT2D eigenvalue weighted by Gasteiger charge is 2.13. The van der Waals surface area contributed by atoms with Crippen molar-refractivity contribution < 1.29 is 17.9 Å². The largest absolute Gasteiger partial charge is 0.493 e. The number of carbonyl (C=O) groups is 1. The number of nitrogens with zero attached hydrogens (tertiary/aromatic N) is 1. The summed E-state index contributed by atoms with van der Waals surface area (Å²) in [6, 6.07) is 13.7. The summed E-state index contributed by atoms with van der Waals surface area (Å²) in [7, 11) is -3.26. The first kappa shape index (κ1) is 20.0. The van der Waals surface area contributed by atoms with E-state index < -0.39 is 9.84 Å². The molecule has 3 rings (SSSR count). The molecule has 0 bridgehead atoms. The van der Waals surface area contributed by atoms with Gasteiger partial charge in [0, 0.05) is 17.3 Å². The van der Waals surface area contributed by atoms with Gasteiger partial charge in [0.25, 0.3) is 0 Å². The van der Waals surface area contributed by atoms with Crippen molar-refractivity contribution in [2.45, 2.75) is 18.2 Å². The van der Waals surface area contributed by atoms with Gasteiger partial charge in [-0.05, 0) is 43.3 Å².